The van der Waals surface area contributed by atoms with Crippen LogP contribution in [0, 0.1) is 5.92 Å². The van der Waals surface area contributed by atoms with E-state index in [-0.39, 0.29) is 39.6 Å². The Labute approximate surface area is 227 Å². The Morgan fingerprint density at radius 2 is 1.70 bits per heavy atom. The van der Waals surface area contributed by atoms with Crippen LogP contribution in [0.25, 0.3) is 16.7 Å². The Morgan fingerprint density at radius 3 is 2.41 bits per heavy atom. The van der Waals surface area contributed by atoms with E-state index in [0.717, 1.165) is 18.4 Å². The van der Waals surface area contributed by atoms with Gasteiger partial charge in [-0.25, -0.2) is 4.79 Å². The molecule has 1 heterocycles. The predicted octanol–water partition coefficient (Wildman–Crippen LogP) is 6.06. The molecule has 0 bridgehead atoms. The third-order valence-electron chi connectivity index (χ3n) is 6.23. The molecule has 0 unspecified atom stereocenters. The van der Waals surface area contributed by atoms with Gasteiger partial charge in [-0.15, -0.1) is 0 Å². The van der Waals surface area contributed by atoms with Crippen LogP contribution in [0.1, 0.15) is 36.2 Å². The number of aromatic nitrogens is 2. The Kier molecular flexibility index (Phi) is 7.03. The molecule has 10 heteroatoms. The van der Waals surface area contributed by atoms with Crippen molar-refractivity contribution in [3.05, 3.63) is 91.8 Å². The van der Waals surface area contributed by atoms with Crippen LogP contribution in [-0.2, 0) is 4.79 Å². The SMILES string of the molecule is C[C@@H](CNC(=O)c1c(Cl)cccc1Cl)C(=O)Oc1ccccc1-n1c(=O)n(C2CC2)c2cc(Cl)ccc21. The number of hydrogen-bond donors (Lipinski definition) is 1. The Morgan fingerprint density at radius 1 is 1.00 bits per heavy atom. The molecule has 1 aliphatic carbocycles. The highest BCUT2D eigenvalue weighted by Crippen LogP contribution is 2.38. The van der Waals surface area contributed by atoms with Crippen LogP contribution in [0.2, 0.25) is 15.1 Å². The number of para-hydroxylation sites is 2. The van der Waals surface area contributed by atoms with E-state index in [1.165, 1.54) is 0 Å². The topological polar surface area (TPSA) is 82.3 Å². The maximum atomic E-state index is 13.5. The lowest BCUT2D eigenvalue weighted by molar-refractivity contribution is -0.138. The number of halogens is 3. The van der Waals surface area contributed by atoms with Crippen molar-refractivity contribution in [2.45, 2.75) is 25.8 Å². The molecule has 1 aromatic heterocycles. The van der Waals surface area contributed by atoms with E-state index in [9.17, 15) is 14.4 Å². The van der Waals surface area contributed by atoms with Gasteiger partial charge in [0, 0.05) is 17.6 Å². The first-order valence-electron chi connectivity index (χ1n) is 11.7. The van der Waals surface area contributed by atoms with E-state index in [4.69, 9.17) is 39.5 Å². The number of rotatable bonds is 7. The summed E-state index contributed by atoms with van der Waals surface area (Å²) in [6.07, 6.45) is 1.84. The Balaban J connectivity index is 1.39. The third-order valence-corrected chi connectivity index (χ3v) is 7.09. The van der Waals surface area contributed by atoms with Gasteiger partial charge in [-0.2, -0.15) is 0 Å². The third kappa shape index (κ3) is 4.99. The molecule has 0 spiro atoms. The van der Waals surface area contributed by atoms with Crippen molar-refractivity contribution >= 4 is 57.7 Å². The predicted molar refractivity (Wildman–Crippen MR) is 144 cm³/mol. The summed E-state index contributed by atoms with van der Waals surface area (Å²) < 4.78 is 9.01. The number of amides is 1. The summed E-state index contributed by atoms with van der Waals surface area (Å²) in [5.41, 5.74) is 1.76. The molecule has 1 amide bonds. The first-order valence-corrected chi connectivity index (χ1v) is 12.9. The van der Waals surface area contributed by atoms with Crippen LogP contribution in [0.3, 0.4) is 0 Å². The van der Waals surface area contributed by atoms with Gasteiger partial charge < -0.3 is 10.1 Å². The summed E-state index contributed by atoms with van der Waals surface area (Å²) in [6.45, 7) is 1.63. The molecular weight excluding hydrogens is 537 g/mol. The summed E-state index contributed by atoms with van der Waals surface area (Å²) in [4.78, 5) is 39.0. The Hall–Kier alpha value is -3.26. The van der Waals surface area contributed by atoms with E-state index < -0.39 is 17.8 Å². The minimum absolute atomic E-state index is 0.000814. The average Bonchev–Trinajstić information content (AvgIpc) is 3.66. The van der Waals surface area contributed by atoms with Crippen LogP contribution in [-0.4, -0.2) is 27.6 Å². The van der Waals surface area contributed by atoms with Gasteiger partial charge in [-0.1, -0.05) is 59.9 Å². The number of esters is 1. The van der Waals surface area contributed by atoms with Crippen LogP contribution in [0.5, 0.6) is 5.75 Å². The van der Waals surface area contributed by atoms with Crippen molar-refractivity contribution in [1.29, 1.82) is 0 Å². The van der Waals surface area contributed by atoms with E-state index in [1.54, 1.807) is 76.7 Å². The molecule has 0 radical (unpaired) electrons. The van der Waals surface area contributed by atoms with E-state index in [0.29, 0.717) is 16.2 Å². The number of benzene rings is 3. The van der Waals surface area contributed by atoms with Gasteiger partial charge in [0.15, 0.2) is 5.75 Å². The number of hydrogen-bond acceptors (Lipinski definition) is 4. The lowest BCUT2D eigenvalue weighted by atomic mass is 10.1. The van der Waals surface area contributed by atoms with Crippen molar-refractivity contribution in [3.63, 3.8) is 0 Å². The standard InChI is InChI=1S/C27H22Cl3N3O4/c1-15(14-31-25(34)24-18(29)5-4-6-19(24)30)26(35)37-23-8-3-2-7-21(23)33-20-12-9-16(28)13-22(20)32(27(33)36)17-10-11-17/h2-9,12-13,15,17H,10-11,14H2,1H3,(H,31,34)/t15-/m0/s1. The zero-order valence-corrected chi connectivity index (χ0v) is 22.0. The minimum Gasteiger partial charge on any atom is -0.424 e. The van der Waals surface area contributed by atoms with Crippen LogP contribution in [0.4, 0.5) is 0 Å². The lowest BCUT2D eigenvalue weighted by Crippen LogP contribution is -2.33. The summed E-state index contributed by atoms with van der Waals surface area (Å²) in [6, 6.07) is 17.0. The van der Waals surface area contributed by atoms with Crippen molar-refractivity contribution < 1.29 is 14.3 Å². The fraction of sp³-hybridized carbons (Fsp3) is 0.222. The molecule has 1 N–H and O–H groups in total. The number of imidazole rings is 1. The highest BCUT2D eigenvalue weighted by molar-refractivity contribution is 6.39. The van der Waals surface area contributed by atoms with Gasteiger partial charge in [0.25, 0.3) is 5.91 Å². The normalized spacial score (nSPS) is 13.9. The molecule has 0 aliphatic heterocycles. The van der Waals surface area contributed by atoms with E-state index in [1.807, 2.05) is 0 Å². The van der Waals surface area contributed by atoms with Crippen molar-refractivity contribution in [2.75, 3.05) is 6.54 Å². The van der Waals surface area contributed by atoms with Crippen LogP contribution in [0.15, 0.2) is 65.5 Å². The van der Waals surface area contributed by atoms with Crippen molar-refractivity contribution in [2.24, 2.45) is 5.92 Å². The number of nitrogens with one attached hydrogen (secondary N) is 1. The molecule has 1 aliphatic rings. The molecular formula is C27H22Cl3N3O4. The summed E-state index contributed by atoms with van der Waals surface area (Å²) in [5, 5.41) is 3.64. The summed E-state index contributed by atoms with van der Waals surface area (Å²) in [7, 11) is 0. The van der Waals surface area contributed by atoms with Gasteiger partial charge in [0.1, 0.15) is 0 Å². The average molecular weight is 559 g/mol. The molecule has 1 atom stereocenters. The molecule has 37 heavy (non-hydrogen) atoms. The van der Waals surface area contributed by atoms with Gasteiger partial charge in [0.05, 0.1) is 38.2 Å². The fourth-order valence-corrected chi connectivity index (χ4v) is 4.92. The van der Waals surface area contributed by atoms with Gasteiger partial charge in [-0.05, 0) is 55.3 Å². The number of ether oxygens (including phenoxy) is 1. The van der Waals surface area contributed by atoms with Gasteiger partial charge in [0.2, 0.25) is 0 Å². The summed E-state index contributed by atoms with van der Waals surface area (Å²) in [5.74, 6) is -1.53. The second-order valence-electron chi connectivity index (χ2n) is 8.95. The number of carbonyl (C=O) groups is 2. The van der Waals surface area contributed by atoms with Crippen LogP contribution >= 0.6 is 34.8 Å². The molecule has 4 aromatic rings. The van der Waals surface area contributed by atoms with Crippen molar-refractivity contribution in [3.8, 4) is 11.4 Å². The zero-order chi connectivity index (χ0) is 26.3. The molecule has 190 valence electrons. The summed E-state index contributed by atoms with van der Waals surface area (Å²) >= 11 is 18.4. The number of fused-ring (bicyclic) bond motifs is 1. The monoisotopic (exact) mass is 557 g/mol. The molecule has 7 nitrogen and oxygen atoms in total. The lowest BCUT2D eigenvalue weighted by Gasteiger charge is -2.15. The molecule has 3 aromatic carbocycles. The van der Waals surface area contributed by atoms with Gasteiger partial charge in [-0.3, -0.25) is 18.7 Å². The quantitative estimate of drug-likeness (QED) is 0.221. The maximum Gasteiger partial charge on any atom is 0.334 e. The maximum absolute atomic E-state index is 13.5. The van der Waals surface area contributed by atoms with Crippen molar-refractivity contribution in [1.82, 2.24) is 14.5 Å². The zero-order valence-electron chi connectivity index (χ0n) is 19.7. The highest BCUT2D eigenvalue weighted by atomic mass is 35.5. The molecule has 0 saturated heterocycles. The second-order valence-corrected chi connectivity index (χ2v) is 10.2. The second kappa shape index (κ2) is 10.2. The first-order chi connectivity index (χ1) is 17.8. The van der Waals surface area contributed by atoms with Crippen LogP contribution < -0.4 is 15.7 Å². The molecule has 1 fully saturated rings. The first kappa shape index (κ1) is 25.4. The Bertz CT molecular complexity index is 1570. The number of nitrogens with zero attached hydrogens (tertiary/aromatic N) is 2. The highest BCUT2D eigenvalue weighted by Gasteiger charge is 2.30. The van der Waals surface area contributed by atoms with E-state index >= 15 is 0 Å². The fourth-order valence-electron chi connectivity index (χ4n) is 4.18. The van der Waals surface area contributed by atoms with E-state index in [2.05, 4.69) is 5.32 Å². The molecule has 5 rings (SSSR count). The molecule has 1 saturated carbocycles. The van der Waals surface area contributed by atoms with Gasteiger partial charge >= 0.3 is 11.7 Å². The smallest absolute Gasteiger partial charge is 0.334 e. The number of carbonyl (C=O) groups excluding carboxylic acids is 2. The minimum atomic E-state index is -0.693. The largest absolute Gasteiger partial charge is 0.424 e.